The molecule has 0 saturated carbocycles. The average molecular weight is 509 g/mol. The SMILES string of the molecule is COc1ccc(C(=O)NCc2ccc(OCCN(C)C(=O)c3ccc(OC)c(OC)c3)cc2)cc1OC. The molecule has 0 radical (unpaired) electrons. The molecule has 3 rings (SSSR count). The molecule has 0 fully saturated rings. The Hall–Kier alpha value is -4.40. The number of benzene rings is 3. The van der Waals surface area contributed by atoms with Crippen LogP contribution in [0.2, 0.25) is 0 Å². The van der Waals surface area contributed by atoms with E-state index in [1.54, 1.807) is 62.6 Å². The summed E-state index contributed by atoms with van der Waals surface area (Å²) in [5, 5.41) is 2.89. The van der Waals surface area contributed by atoms with E-state index in [0.717, 1.165) is 5.56 Å². The van der Waals surface area contributed by atoms with Crippen LogP contribution in [0.4, 0.5) is 0 Å². The summed E-state index contributed by atoms with van der Waals surface area (Å²) in [5.41, 5.74) is 1.89. The Labute approximate surface area is 216 Å². The first kappa shape index (κ1) is 27.2. The van der Waals surface area contributed by atoms with Gasteiger partial charge in [0.05, 0.1) is 35.0 Å². The largest absolute Gasteiger partial charge is 0.493 e. The molecule has 0 unspecified atom stereocenters. The van der Waals surface area contributed by atoms with Crippen molar-refractivity contribution in [1.29, 1.82) is 0 Å². The Morgan fingerprint density at radius 2 is 1.27 bits per heavy atom. The lowest BCUT2D eigenvalue weighted by atomic mass is 10.1. The summed E-state index contributed by atoms with van der Waals surface area (Å²) in [6.07, 6.45) is 0. The third-order valence-corrected chi connectivity index (χ3v) is 5.69. The van der Waals surface area contributed by atoms with Gasteiger partial charge >= 0.3 is 0 Å². The standard InChI is InChI=1S/C28H32N2O7/c1-30(28(32)21-9-13-24(34-3)26(17-21)36-5)14-15-37-22-10-6-19(7-11-22)18-29-27(31)20-8-12-23(33-2)25(16-20)35-4/h6-13,16-17H,14-15,18H2,1-5H3,(H,29,31). The van der Waals surface area contributed by atoms with Crippen molar-refractivity contribution >= 4 is 11.8 Å². The van der Waals surface area contributed by atoms with Gasteiger partial charge in [0.25, 0.3) is 11.8 Å². The third kappa shape index (κ3) is 7.07. The lowest BCUT2D eigenvalue weighted by Gasteiger charge is -2.18. The number of amides is 2. The van der Waals surface area contributed by atoms with Gasteiger partial charge in [0.1, 0.15) is 12.4 Å². The molecule has 0 aliphatic heterocycles. The van der Waals surface area contributed by atoms with Gasteiger partial charge in [-0.1, -0.05) is 12.1 Å². The van der Waals surface area contributed by atoms with E-state index in [-0.39, 0.29) is 11.8 Å². The molecule has 1 N–H and O–H groups in total. The quantitative estimate of drug-likeness (QED) is 0.398. The number of methoxy groups -OCH3 is 4. The third-order valence-electron chi connectivity index (χ3n) is 5.69. The Kier molecular flexibility index (Phi) is 9.60. The van der Waals surface area contributed by atoms with Gasteiger partial charge in [0, 0.05) is 24.7 Å². The smallest absolute Gasteiger partial charge is 0.253 e. The van der Waals surface area contributed by atoms with Crippen LogP contribution >= 0.6 is 0 Å². The molecule has 9 nitrogen and oxygen atoms in total. The maximum absolute atomic E-state index is 12.7. The maximum atomic E-state index is 12.7. The number of likely N-dealkylation sites (N-methyl/N-ethyl adjacent to an activating group) is 1. The zero-order valence-electron chi connectivity index (χ0n) is 21.7. The maximum Gasteiger partial charge on any atom is 0.253 e. The fourth-order valence-electron chi connectivity index (χ4n) is 3.56. The first-order valence-corrected chi connectivity index (χ1v) is 11.6. The molecule has 0 spiro atoms. The molecule has 0 aliphatic rings. The molecule has 0 bridgehead atoms. The van der Waals surface area contributed by atoms with E-state index >= 15 is 0 Å². The number of nitrogens with zero attached hydrogens (tertiary/aromatic N) is 1. The van der Waals surface area contributed by atoms with Crippen LogP contribution in [0.1, 0.15) is 26.3 Å². The number of ether oxygens (including phenoxy) is 5. The molecule has 196 valence electrons. The van der Waals surface area contributed by atoms with Gasteiger partial charge in [-0.2, -0.15) is 0 Å². The zero-order chi connectivity index (χ0) is 26.8. The minimum Gasteiger partial charge on any atom is -0.493 e. The molecule has 9 heteroatoms. The van der Waals surface area contributed by atoms with Crippen molar-refractivity contribution in [3.05, 3.63) is 77.4 Å². The van der Waals surface area contributed by atoms with E-state index in [1.165, 1.54) is 14.2 Å². The monoisotopic (exact) mass is 508 g/mol. The Morgan fingerprint density at radius 3 is 1.84 bits per heavy atom. The van der Waals surface area contributed by atoms with Crippen LogP contribution in [-0.2, 0) is 6.54 Å². The molecule has 3 aromatic rings. The van der Waals surface area contributed by atoms with Crippen molar-refractivity contribution in [1.82, 2.24) is 10.2 Å². The van der Waals surface area contributed by atoms with E-state index in [0.29, 0.717) is 59.6 Å². The normalized spacial score (nSPS) is 10.3. The van der Waals surface area contributed by atoms with Gasteiger partial charge in [-0.3, -0.25) is 9.59 Å². The number of rotatable bonds is 12. The molecule has 2 amide bonds. The highest BCUT2D eigenvalue weighted by Crippen LogP contribution is 2.28. The van der Waals surface area contributed by atoms with E-state index < -0.39 is 0 Å². The number of hydrogen-bond donors (Lipinski definition) is 1. The van der Waals surface area contributed by atoms with Gasteiger partial charge in [-0.25, -0.2) is 0 Å². The molecule has 0 atom stereocenters. The highest BCUT2D eigenvalue weighted by molar-refractivity contribution is 5.95. The molecule has 0 aromatic heterocycles. The van der Waals surface area contributed by atoms with Crippen molar-refractivity contribution < 1.29 is 33.3 Å². The van der Waals surface area contributed by atoms with Gasteiger partial charge in [0.2, 0.25) is 0 Å². The molecule has 0 heterocycles. The molecule has 3 aromatic carbocycles. The van der Waals surface area contributed by atoms with E-state index in [2.05, 4.69) is 5.32 Å². The summed E-state index contributed by atoms with van der Waals surface area (Å²) in [6.45, 7) is 1.08. The molecular weight excluding hydrogens is 476 g/mol. The lowest BCUT2D eigenvalue weighted by molar-refractivity contribution is 0.0773. The van der Waals surface area contributed by atoms with Crippen molar-refractivity contribution in [2.45, 2.75) is 6.54 Å². The number of carbonyl (C=O) groups excluding carboxylic acids is 2. The van der Waals surface area contributed by atoms with Crippen LogP contribution in [0.5, 0.6) is 28.7 Å². The molecule has 0 aliphatic carbocycles. The van der Waals surface area contributed by atoms with Crippen molar-refractivity contribution in [3.8, 4) is 28.7 Å². The molecule has 37 heavy (non-hydrogen) atoms. The number of nitrogens with one attached hydrogen (secondary N) is 1. The van der Waals surface area contributed by atoms with Gasteiger partial charge < -0.3 is 33.9 Å². The molecular formula is C28H32N2O7. The summed E-state index contributed by atoms with van der Waals surface area (Å²) in [5.74, 6) is 2.42. The second kappa shape index (κ2) is 13.1. The predicted octanol–water partition coefficient (Wildman–Crippen LogP) is 3.80. The minimum absolute atomic E-state index is 0.148. The Morgan fingerprint density at radius 1 is 0.730 bits per heavy atom. The number of hydrogen-bond acceptors (Lipinski definition) is 7. The average Bonchev–Trinajstić information content (AvgIpc) is 2.95. The van der Waals surface area contributed by atoms with Crippen LogP contribution in [0.15, 0.2) is 60.7 Å². The van der Waals surface area contributed by atoms with E-state index in [4.69, 9.17) is 23.7 Å². The first-order chi connectivity index (χ1) is 17.9. The second-order valence-electron chi connectivity index (χ2n) is 8.04. The van der Waals surface area contributed by atoms with Crippen molar-refractivity contribution in [3.63, 3.8) is 0 Å². The summed E-state index contributed by atoms with van der Waals surface area (Å²) >= 11 is 0. The van der Waals surface area contributed by atoms with Crippen LogP contribution in [0, 0.1) is 0 Å². The van der Waals surface area contributed by atoms with Crippen LogP contribution in [-0.4, -0.2) is 65.4 Å². The van der Waals surface area contributed by atoms with E-state index in [1.807, 2.05) is 24.3 Å². The summed E-state index contributed by atoms with van der Waals surface area (Å²) in [4.78, 5) is 26.8. The summed E-state index contributed by atoms with van der Waals surface area (Å²) < 4.78 is 26.7. The Balaban J connectivity index is 1.47. The summed E-state index contributed by atoms with van der Waals surface area (Å²) in [6, 6.07) is 17.5. The van der Waals surface area contributed by atoms with Gasteiger partial charge in [-0.15, -0.1) is 0 Å². The van der Waals surface area contributed by atoms with Crippen LogP contribution < -0.4 is 29.0 Å². The van der Waals surface area contributed by atoms with Crippen molar-refractivity contribution in [2.75, 3.05) is 48.6 Å². The lowest BCUT2D eigenvalue weighted by Crippen LogP contribution is -2.30. The minimum atomic E-state index is -0.219. The zero-order valence-corrected chi connectivity index (χ0v) is 21.7. The molecule has 0 saturated heterocycles. The topological polar surface area (TPSA) is 95.6 Å². The Bertz CT molecular complexity index is 1210. The van der Waals surface area contributed by atoms with Gasteiger partial charge in [-0.05, 0) is 54.1 Å². The first-order valence-electron chi connectivity index (χ1n) is 11.6. The highest BCUT2D eigenvalue weighted by Gasteiger charge is 2.15. The van der Waals surface area contributed by atoms with Crippen LogP contribution in [0.3, 0.4) is 0 Å². The van der Waals surface area contributed by atoms with Crippen LogP contribution in [0.25, 0.3) is 0 Å². The highest BCUT2D eigenvalue weighted by atomic mass is 16.5. The second-order valence-corrected chi connectivity index (χ2v) is 8.04. The number of carbonyl (C=O) groups is 2. The summed E-state index contributed by atoms with van der Waals surface area (Å²) in [7, 11) is 7.86. The fourth-order valence-corrected chi connectivity index (χ4v) is 3.56. The van der Waals surface area contributed by atoms with E-state index in [9.17, 15) is 9.59 Å². The van der Waals surface area contributed by atoms with Crippen molar-refractivity contribution in [2.24, 2.45) is 0 Å². The predicted molar refractivity (Wildman–Crippen MR) is 139 cm³/mol. The van der Waals surface area contributed by atoms with Gasteiger partial charge in [0.15, 0.2) is 23.0 Å². The fraction of sp³-hybridized carbons (Fsp3) is 0.286.